The highest BCUT2D eigenvalue weighted by Gasteiger charge is 2.37. The second-order valence-electron chi connectivity index (χ2n) is 6.63. The molecule has 0 N–H and O–H groups in total. The summed E-state index contributed by atoms with van der Waals surface area (Å²) in [6.45, 7) is 9.94. The molecule has 0 radical (unpaired) electrons. The Labute approximate surface area is 95.8 Å². The Morgan fingerprint density at radius 3 is 1.13 bits per heavy atom. The largest absolute Gasteiger partial charge is 0.0622 e. The molecule has 0 aliphatic heterocycles. The predicted octanol–water partition coefficient (Wildman–Crippen LogP) is 4.74. The Morgan fingerprint density at radius 2 is 0.867 bits per heavy atom. The molecule has 0 spiro atoms. The number of hydrogen-bond acceptors (Lipinski definition) is 0. The molecule has 88 valence electrons. The van der Waals surface area contributed by atoms with Gasteiger partial charge in [0.15, 0.2) is 0 Å². The highest BCUT2D eigenvalue weighted by Crippen LogP contribution is 2.46. The van der Waals surface area contributed by atoms with E-state index in [0.717, 1.165) is 35.5 Å². The van der Waals surface area contributed by atoms with Gasteiger partial charge in [0.05, 0.1) is 0 Å². The molecule has 2 rings (SSSR count). The van der Waals surface area contributed by atoms with Gasteiger partial charge in [0.25, 0.3) is 0 Å². The number of rotatable bonds is 2. The maximum atomic E-state index is 2.48. The maximum absolute atomic E-state index is 2.48. The van der Waals surface area contributed by atoms with E-state index in [-0.39, 0.29) is 0 Å². The SMILES string of the molecule is CC1CCC(C)C1CC1C(C)CCC1C. The second kappa shape index (κ2) is 4.47. The van der Waals surface area contributed by atoms with Crippen LogP contribution in [0.15, 0.2) is 0 Å². The van der Waals surface area contributed by atoms with E-state index in [2.05, 4.69) is 27.7 Å². The Kier molecular flexibility index (Phi) is 3.42. The van der Waals surface area contributed by atoms with Gasteiger partial charge in [0, 0.05) is 0 Å². The first-order valence-corrected chi connectivity index (χ1v) is 7.09. The molecule has 0 amide bonds. The van der Waals surface area contributed by atoms with Gasteiger partial charge in [0.1, 0.15) is 0 Å². The van der Waals surface area contributed by atoms with E-state index in [1.54, 1.807) is 0 Å². The highest BCUT2D eigenvalue weighted by atomic mass is 14.4. The maximum Gasteiger partial charge on any atom is -0.0360 e. The quantitative estimate of drug-likeness (QED) is 0.615. The summed E-state index contributed by atoms with van der Waals surface area (Å²) in [5.74, 6) is 6.08. The van der Waals surface area contributed by atoms with E-state index in [1.807, 2.05) is 0 Å². The van der Waals surface area contributed by atoms with Gasteiger partial charge in [0.2, 0.25) is 0 Å². The molecule has 0 heteroatoms. The summed E-state index contributed by atoms with van der Waals surface area (Å²) in [6.07, 6.45) is 7.48. The molecule has 0 bridgehead atoms. The molecular formula is C15H28. The zero-order valence-electron chi connectivity index (χ0n) is 11.0. The van der Waals surface area contributed by atoms with Gasteiger partial charge < -0.3 is 0 Å². The molecular weight excluding hydrogens is 180 g/mol. The van der Waals surface area contributed by atoms with Gasteiger partial charge in [-0.2, -0.15) is 0 Å². The lowest BCUT2D eigenvalue weighted by atomic mass is 9.77. The molecule has 0 aromatic carbocycles. The molecule has 4 unspecified atom stereocenters. The van der Waals surface area contributed by atoms with Crippen LogP contribution >= 0.6 is 0 Å². The molecule has 0 nitrogen and oxygen atoms in total. The summed E-state index contributed by atoms with van der Waals surface area (Å²) in [6, 6.07) is 0. The van der Waals surface area contributed by atoms with Crippen molar-refractivity contribution in [1.29, 1.82) is 0 Å². The van der Waals surface area contributed by atoms with Crippen molar-refractivity contribution in [2.45, 2.75) is 59.8 Å². The van der Waals surface area contributed by atoms with E-state index < -0.39 is 0 Å². The van der Waals surface area contributed by atoms with Crippen molar-refractivity contribution in [1.82, 2.24) is 0 Å². The molecule has 0 heterocycles. The minimum atomic E-state index is 1.000. The van der Waals surface area contributed by atoms with E-state index in [4.69, 9.17) is 0 Å². The van der Waals surface area contributed by atoms with Gasteiger partial charge in [-0.1, -0.05) is 53.4 Å². The van der Waals surface area contributed by atoms with Gasteiger partial charge in [-0.25, -0.2) is 0 Å². The third-order valence-electron chi connectivity index (χ3n) is 5.62. The van der Waals surface area contributed by atoms with Gasteiger partial charge in [-0.3, -0.25) is 0 Å². The van der Waals surface area contributed by atoms with Crippen molar-refractivity contribution < 1.29 is 0 Å². The van der Waals surface area contributed by atoms with Gasteiger partial charge in [-0.05, 0) is 41.9 Å². The summed E-state index contributed by atoms with van der Waals surface area (Å²) >= 11 is 0. The Balaban J connectivity index is 1.95. The minimum Gasteiger partial charge on any atom is -0.0622 e. The smallest absolute Gasteiger partial charge is 0.0360 e. The van der Waals surface area contributed by atoms with Crippen LogP contribution in [0.3, 0.4) is 0 Å². The fourth-order valence-corrected chi connectivity index (χ4v) is 4.27. The molecule has 0 aromatic rings. The van der Waals surface area contributed by atoms with Crippen molar-refractivity contribution >= 4 is 0 Å². The topological polar surface area (TPSA) is 0 Å². The summed E-state index contributed by atoms with van der Waals surface area (Å²) in [5, 5.41) is 0. The van der Waals surface area contributed by atoms with Crippen LogP contribution in [0, 0.1) is 35.5 Å². The summed E-state index contributed by atoms with van der Waals surface area (Å²) in [5.41, 5.74) is 0. The van der Waals surface area contributed by atoms with E-state index >= 15 is 0 Å². The molecule has 2 aliphatic carbocycles. The standard InChI is InChI=1S/C15H28/c1-10-5-6-11(2)14(10)9-15-12(3)7-8-13(15)4/h10-15H,5-9H2,1-4H3. The van der Waals surface area contributed by atoms with Crippen molar-refractivity contribution in [3.8, 4) is 0 Å². The molecule has 0 saturated heterocycles. The molecule has 2 aliphatic rings. The first kappa shape index (κ1) is 11.5. The van der Waals surface area contributed by atoms with E-state index in [0.29, 0.717) is 0 Å². The Morgan fingerprint density at radius 1 is 0.600 bits per heavy atom. The Hall–Kier alpha value is 0. The summed E-state index contributed by atoms with van der Waals surface area (Å²) < 4.78 is 0. The average Bonchev–Trinajstić information content (AvgIpc) is 2.67. The fourth-order valence-electron chi connectivity index (χ4n) is 4.27. The van der Waals surface area contributed by atoms with Crippen LogP contribution in [0.25, 0.3) is 0 Å². The van der Waals surface area contributed by atoms with Crippen LogP contribution in [-0.4, -0.2) is 0 Å². The summed E-state index contributed by atoms with van der Waals surface area (Å²) in [7, 11) is 0. The van der Waals surface area contributed by atoms with Crippen LogP contribution in [0.5, 0.6) is 0 Å². The summed E-state index contributed by atoms with van der Waals surface area (Å²) in [4.78, 5) is 0. The third kappa shape index (κ3) is 2.24. The first-order valence-electron chi connectivity index (χ1n) is 7.09. The molecule has 2 saturated carbocycles. The van der Waals surface area contributed by atoms with Crippen molar-refractivity contribution in [3.63, 3.8) is 0 Å². The lowest BCUT2D eigenvalue weighted by Crippen LogP contribution is -2.20. The van der Waals surface area contributed by atoms with E-state index in [1.165, 1.54) is 32.1 Å². The molecule has 4 atom stereocenters. The average molecular weight is 208 g/mol. The number of hydrogen-bond donors (Lipinski definition) is 0. The van der Waals surface area contributed by atoms with Crippen LogP contribution < -0.4 is 0 Å². The van der Waals surface area contributed by atoms with Gasteiger partial charge in [-0.15, -0.1) is 0 Å². The lowest BCUT2D eigenvalue weighted by Gasteiger charge is -2.28. The zero-order valence-corrected chi connectivity index (χ0v) is 11.0. The second-order valence-corrected chi connectivity index (χ2v) is 6.63. The van der Waals surface area contributed by atoms with Crippen molar-refractivity contribution in [2.24, 2.45) is 35.5 Å². The Bertz CT molecular complexity index is 166. The third-order valence-corrected chi connectivity index (χ3v) is 5.62. The molecule has 0 aromatic heterocycles. The zero-order chi connectivity index (χ0) is 11.0. The molecule has 15 heavy (non-hydrogen) atoms. The molecule has 2 fully saturated rings. The highest BCUT2D eigenvalue weighted by molar-refractivity contribution is 4.87. The predicted molar refractivity (Wildman–Crippen MR) is 66.7 cm³/mol. The van der Waals surface area contributed by atoms with E-state index in [9.17, 15) is 0 Å². The monoisotopic (exact) mass is 208 g/mol. The van der Waals surface area contributed by atoms with Crippen LogP contribution in [0.1, 0.15) is 59.8 Å². The fraction of sp³-hybridized carbons (Fsp3) is 1.00. The van der Waals surface area contributed by atoms with Crippen molar-refractivity contribution in [3.05, 3.63) is 0 Å². The normalized spacial score (nSPS) is 51.2. The minimum absolute atomic E-state index is 1.000. The lowest BCUT2D eigenvalue weighted by molar-refractivity contribution is 0.212. The van der Waals surface area contributed by atoms with Gasteiger partial charge >= 0.3 is 0 Å². The van der Waals surface area contributed by atoms with Crippen LogP contribution in [0.2, 0.25) is 0 Å². The van der Waals surface area contributed by atoms with Crippen molar-refractivity contribution in [2.75, 3.05) is 0 Å². The van der Waals surface area contributed by atoms with Crippen LogP contribution in [0.4, 0.5) is 0 Å². The first-order chi connectivity index (χ1) is 7.09. The van der Waals surface area contributed by atoms with Crippen LogP contribution in [-0.2, 0) is 0 Å².